The van der Waals surface area contributed by atoms with Crippen LogP contribution in [0, 0.1) is 0 Å². The first-order valence-corrected chi connectivity index (χ1v) is 6.49. The summed E-state index contributed by atoms with van der Waals surface area (Å²) in [6.07, 6.45) is 8.61. The summed E-state index contributed by atoms with van der Waals surface area (Å²) in [6, 6.07) is 2.45. The van der Waals surface area contributed by atoms with E-state index in [1.807, 2.05) is 23.9 Å². The lowest BCUT2D eigenvalue weighted by Gasteiger charge is -2.21. The summed E-state index contributed by atoms with van der Waals surface area (Å²) >= 11 is 0. The molecule has 1 saturated carbocycles. The summed E-state index contributed by atoms with van der Waals surface area (Å²) in [5.41, 5.74) is 0.814. The van der Waals surface area contributed by atoms with Gasteiger partial charge in [0, 0.05) is 6.20 Å². The van der Waals surface area contributed by atoms with Gasteiger partial charge in [-0.3, -0.25) is 9.48 Å². The van der Waals surface area contributed by atoms with Gasteiger partial charge in [-0.05, 0) is 25.8 Å². The van der Waals surface area contributed by atoms with Gasteiger partial charge in [-0.15, -0.1) is 0 Å². The van der Waals surface area contributed by atoms with Crippen molar-refractivity contribution in [2.75, 3.05) is 6.61 Å². The molecule has 4 nitrogen and oxygen atoms in total. The fourth-order valence-electron chi connectivity index (χ4n) is 2.38. The average Bonchev–Trinajstić information content (AvgIpc) is 2.79. The van der Waals surface area contributed by atoms with Crippen LogP contribution in [0.25, 0.3) is 0 Å². The SMILES string of the molecule is CCOC(=O)Cc1ccn(C2CCCCC2)n1. The zero-order chi connectivity index (χ0) is 12.1. The quantitative estimate of drug-likeness (QED) is 0.754. The van der Waals surface area contributed by atoms with Crippen molar-refractivity contribution in [3.05, 3.63) is 18.0 Å². The standard InChI is InChI=1S/C13H20N2O2/c1-2-17-13(16)10-11-8-9-15(14-11)12-6-4-3-5-7-12/h8-9,12H,2-7,10H2,1H3. The number of rotatable bonds is 4. The molecule has 1 aromatic heterocycles. The van der Waals surface area contributed by atoms with Crippen molar-refractivity contribution in [2.45, 2.75) is 51.5 Å². The molecule has 0 N–H and O–H groups in total. The molecule has 1 aromatic rings. The lowest BCUT2D eigenvalue weighted by Crippen LogP contribution is -2.14. The molecule has 0 aromatic carbocycles. The number of carbonyl (C=O) groups excluding carboxylic acids is 1. The van der Waals surface area contributed by atoms with Crippen LogP contribution in [-0.2, 0) is 16.0 Å². The van der Waals surface area contributed by atoms with E-state index in [1.165, 1.54) is 32.1 Å². The predicted molar refractivity (Wildman–Crippen MR) is 64.7 cm³/mol. The second-order valence-electron chi connectivity index (χ2n) is 4.56. The molecule has 0 radical (unpaired) electrons. The number of ether oxygens (including phenoxy) is 1. The first-order valence-electron chi connectivity index (χ1n) is 6.49. The Morgan fingerprint density at radius 3 is 2.94 bits per heavy atom. The third-order valence-electron chi connectivity index (χ3n) is 3.24. The van der Waals surface area contributed by atoms with Crippen LogP contribution in [0.2, 0.25) is 0 Å². The van der Waals surface area contributed by atoms with E-state index >= 15 is 0 Å². The largest absolute Gasteiger partial charge is 0.466 e. The summed E-state index contributed by atoms with van der Waals surface area (Å²) in [4.78, 5) is 11.3. The van der Waals surface area contributed by atoms with Crippen LogP contribution >= 0.6 is 0 Å². The number of carbonyl (C=O) groups is 1. The van der Waals surface area contributed by atoms with Crippen LogP contribution in [0.1, 0.15) is 50.8 Å². The Balaban J connectivity index is 1.93. The van der Waals surface area contributed by atoms with E-state index in [9.17, 15) is 4.79 Å². The molecule has 0 aliphatic heterocycles. The maximum atomic E-state index is 11.3. The summed E-state index contributed by atoms with van der Waals surface area (Å²) in [5.74, 6) is -0.193. The highest BCUT2D eigenvalue weighted by Gasteiger charge is 2.16. The molecule has 1 fully saturated rings. The van der Waals surface area contributed by atoms with E-state index in [1.54, 1.807) is 0 Å². The van der Waals surface area contributed by atoms with E-state index in [0.717, 1.165) is 5.69 Å². The molecule has 1 aliphatic carbocycles. The minimum Gasteiger partial charge on any atom is -0.466 e. The Labute approximate surface area is 102 Å². The van der Waals surface area contributed by atoms with Gasteiger partial charge in [0.1, 0.15) is 0 Å². The maximum absolute atomic E-state index is 11.3. The van der Waals surface area contributed by atoms with Crippen molar-refractivity contribution < 1.29 is 9.53 Å². The van der Waals surface area contributed by atoms with Crippen molar-refractivity contribution in [3.8, 4) is 0 Å². The molecule has 4 heteroatoms. The molecule has 2 rings (SSSR count). The van der Waals surface area contributed by atoms with E-state index in [4.69, 9.17) is 4.74 Å². The first kappa shape index (κ1) is 12.1. The molecule has 17 heavy (non-hydrogen) atoms. The van der Waals surface area contributed by atoms with Gasteiger partial charge in [0.2, 0.25) is 0 Å². The second-order valence-corrected chi connectivity index (χ2v) is 4.56. The average molecular weight is 236 g/mol. The molecule has 1 aliphatic rings. The molecular weight excluding hydrogens is 216 g/mol. The third-order valence-corrected chi connectivity index (χ3v) is 3.24. The van der Waals surface area contributed by atoms with Crippen LogP contribution in [0.3, 0.4) is 0 Å². The molecule has 0 unspecified atom stereocenters. The van der Waals surface area contributed by atoms with Crippen molar-refractivity contribution in [1.29, 1.82) is 0 Å². The summed E-state index contributed by atoms with van der Waals surface area (Å²) < 4.78 is 6.93. The number of hydrogen-bond donors (Lipinski definition) is 0. The Kier molecular flexibility index (Phi) is 4.18. The molecule has 1 heterocycles. The van der Waals surface area contributed by atoms with Crippen LogP contribution in [0.15, 0.2) is 12.3 Å². The second kappa shape index (κ2) is 5.84. The summed E-state index contributed by atoms with van der Waals surface area (Å²) in [7, 11) is 0. The number of nitrogens with zero attached hydrogens (tertiary/aromatic N) is 2. The third kappa shape index (κ3) is 3.32. The highest BCUT2D eigenvalue weighted by atomic mass is 16.5. The maximum Gasteiger partial charge on any atom is 0.311 e. The molecule has 0 amide bonds. The zero-order valence-corrected chi connectivity index (χ0v) is 10.4. The minimum absolute atomic E-state index is 0.193. The molecule has 0 atom stereocenters. The smallest absolute Gasteiger partial charge is 0.311 e. The Hall–Kier alpha value is -1.32. The Morgan fingerprint density at radius 2 is 2.24 bits per heavy atom. The fraction of sp³-hybridized carbons (Fsp3) is 0.692. The Morgan fingerprint density at radius 1 is 1.47 bits per heavy atom. The summed E-state index contributed by atoms with van der Waals surface area (Å²) in [6.45, 7) is 2.25. The van der Waals surface area contributed by atoms with Gasteiger partial charge in [0.25, 0.3) is 0 Å². The van der Waals surface area contributed by atoms with Crippen LogP contribution in [0.4, 0.5) is 0 Å². The lowest BCUT2D eigenvalue weighted by atomic mass is 9.96. The van der Waals surface area contributed by atoms with Crippen LogP contribution in [-0.4, -0.2) is 22.4 Å². The molecule has 0 bridgehead atoms. The van der Waals surface area contributed by atoms with E-state index < -0.39 is 0 Å². The topological polar surface area (TPSA) is 44.1 Å². The fourth-order valence-corrected chi connectivity index (χ4v) is 2.38. The van der Waals surface area contributed by atoms with E-state index in [2.05, 4.69) is 5.10 Å². The van der Waals surface area contributed by atoms with Gasteiger partial charge in [0.05, 0.1) is 24.8 Å². The number of hydrogen-bond acceptors (Lipinski definition) is 3. The Bertz CT molecular complexity index is 367. The van der Waals surface area contributed by atoms with Crippen molar-refractivity contribution in [2.24, 2.45) is 0 Å². The normalized spacial score (nSPS) is 17.0. The molecule has 0 spiro atoms. The number of esters is 1. The van der Waals surface area contributed by atoms with Gasteiger partial charge in [-0.1, -0.05) is 19.3 Å². The van der Waals surface area contributed by atoms with E-state index in [-0.39, 0.29) is 12.4 Å². The van der Waals surface area contributed by atoms with Gasteiger partial charge in [-0.25, -0.2) is 0 Å². The van der Waals surface area contributed by atoms with Crippen LogP contribution in [0.5, 0.6) is 0 Å². The highest BCUT2D eigenvalue weighted by Crippen LogP contribution is 2.27. The molecule has 94 valence electrons. The minimum atomic E-state index is -0.193. The first-order chi connectivity index (χ1) is 8.29. The van der Waals surface area contributed by atoms with Crippen LogP contribution < -0.4 is 0 Å². The highest BCUT2D eigenvalue weighted by molar-refractivity contribution is 5.71. The number of aromatic nitrogens is 2. The van der Waals surface area contributed by atoms with Gasteiger partial charge < -0.3 is 4.74 Å². The van der Waals surface area contributed by atoms with Gasteiger partial charge in [0.15, 0.2) is 0 Å². The zero-order valence-electron chi connectivity index (χ0n) is 10.4. The van der Waals surface area contributed by atoms with E-state index in [0.29, 0.717) is 12.6 Å². The predicted octanol–water partition coefficient (Wildman–Crippen LogP) is 2.49. The summed E-state index contributed by atoms with van der Waals surface area (Å²) in [5, 5.41) is 4.47. The van der Waals surface area contributed by atoms with Gasteiger partial charge >= 0.3 is 5.97 Å². The van der Waals surface area contributed by atoms with Crippen molar-refractivity contribution in [3.63, 3.8) is 0 Å². The monoisotopic (exact) mass is 236 g/mol. The lowest BCUT2D eigenvalue weighted by molar-refractivity contribution is -0.142. The van der Waals surface area contributed by atoms with Gasteiger partial charge in [-0.2, -0.15) is 5.10 Å². The van der Waals surface area contributed by atoms with Crippen molar-refractivity contribution in [1.82, 2.24) is 9.78 Å². The van der Waals surface area contributed by atoms with Crippen molar-refractivity contribution >= 4 is 5.97 Å². The molecule has 0 saturated heterocycles. The molecular formula is C13H20N2O2.